The lowest BCUT2D eigenvalue weighted by molar-refractivity contribution is 0.683. The largest absolute Gasteiger partial charge is 0.260 e. The maximum Gasteiger partial charge on any atom is 0.0914 e. The minimum absolute atomic E-state index is 0.507. The van der Waals surface area contributed by atoms with E-state index in [1.54, 1.807) is 6.20 Å². The van der Waals surface area contributed by atoms with Crippen molar-refractivity contribution in [1.82, 2.24) is 4.98 Å². The van der Waals surface area contributed by atoms with Crippen LogP contribution in [0.5, 0.6) is 0 Å². The highest BCUT2D eigenvalue weighted by atomic mass is 32.2. The van der Waals surface area contributed by atoms with Crippen molar-refractivity contribution in [2.45, 2.75) is 16.9 Å². The van der Waals surface area contributed by atoms with Crippen molar-refractivity contribution in [3.8, 4) is 0 Å². The van der Waals surface area contributed by atoms with Gasteiger partial charge in [0.1, 0.15) is 0 Å². The Morgan fingerprint density at radius 2 is 2.27 bits per heavy atom. The molecule has 2 nitrogen and oxygen atoms in total. The quantitative estimate of drug-likeness (QED) is 0.821. The lowest BCUT2D eigenvalue weighted by atomic mass is 10.2. The van der Waals surface area contributed by atoms with Gasteiger partial charge in [-0.3, -0.25) is 9.19 Å². The Kier molecular flexibility index (Phi) is 3.28. The Balaban J connectivity index is 2.17. The summed E-state index contributed by atoms with van der Waals surface area (Å²) in [6.07, 6.45) is 1.74. The zero-order valence-corrected chi connectivity index (χ0v) is 9.98. The second kappa shape index (κ2) is 4.68. The lowest BCUT2D eigenvalue weighted by Gasteiger charge is -2.02. The van der Waals surface area contributed by atoms with E-state index in [1.807, 2.05) is 36.6 Å². The molecule has 0 aliphatic rings. The van der Waals surface area contributed by atoms with Crippen LogP contribution in [0.1, 0.15) is 11.3 Å². The number of aromatic nitrogens is 1. The highest BCUT2D eigenvalue weighted by Crippen LogP contribution is 2.17. The lowest BCUT2D eigenvalue weighted by Crippen LogP contribution is -1.99. The van der Waals surface area contributed by atoms with E-state index in [1.165, 1.54) is 11.3 Å². The molecule has 0 aliphatic carbocycles. The van der Waals surface area contributed by atoms with E-state index in [9.17, 15) is 4.21 Å². The van der Waals surface area contributed by atoms with Crippen LogP contribution in [0.25, 0.3) is 0 Å². The van der Waals surface area contributed by atoms with Gasteiger partial charge in [0.2, 0.25) is 0 Å². The van der Waals surface area contributed by atoms with Crippen LogP contribution in [0.15, 0.2) is 40.1 Å². The average molecular weight is 237 g/mol. The van der Waals surface area contributed by atoms with Gasteiger partial charge in [-0.05, 0) is 30.0 Å². The number of hydrogen-bond acceptors (Lipinski definition) is 3. The number of nitrogens with zero attached hydrogens (tertiary/aromatic N) is 1. The Labute approximate surface area is 95.5 Å². The molecule has 0 bridgehead atoms. The molecule has 15 heavy (non-hydrogen) atoms. The fraction of sp³-hybridized carbons (Fsp3) is 0.182. The first kappa shape index (κ1) is 10.5. The fourth-order valence-corrected chi connectivity index (χ4v) is 3.40. The molecule has 0 fully saturated rings. The van der Waals surface area contributed by atoms with Gasteiger partial charge in [-0.15, -0.1) is 11.3 Å². The number of rotatable bonds is 3. The molecule has 0 saturated carbocycles. The predicted molar refractivity (Wildman–Crippen MR) is 63.4 cm³/mol. The van der Waals surface area contributed by atoms with Crippen molar-refractivity contribution in [1.29, 1.82) is 0 Å². The molecule has 2 aromatic heterocycles. The molecule has 0 amide bonds. The van der Waals surface area contributed by atoms with Gasteiger partial charge in [-0.2, -0.15) is 0 Å². The molecule has 2 aromatic rings. The van der Waals surface area contributed by atoms with Crippen LogP contribution in [0.2, 0.25) is 0 Å². The molecule has 4 heteroatoms. The van der Waals surface area contributed by atoms with Crippen molar-refractivity contribution in [3.05, 3.63) is 47.1 Å². The summed E-state index contributed by atoms with van der Waals surface area (Å²) in [5.74, 6) is 0.507. The first-order valence-electron chi connectivity index (χ1n) is 4.60. The summed E-state index contributed by atoms with van der Waals surface area (Å²) in [6.45, 7) is 1.99. The van der Waals surface area contributed by atoms with Crippen LogP contribution < -0.4 is 0 Å². The topological polar surface area (TPSA) is 30.0 Å². The third-order valence-corrected chi connectivity index (χ3v) is 4.73. The van der Waals surface area contributed by atoms with E-state index in [-0.39, 0.29) is 0 Å². The van der Waals surface area contributed by atoms with Crippen molar-refractivity contribution < 1.29 is 4.21 Å². The zero-order chi connectivity index (χ0) is 10.7. The van der Waals surface area contributed by atoms with E-state index < -0.39 is 10.8 Å². The van der Waals surface area contributed by atoms with Gasteiger partial charge in [-0.1, -0.05) is 12.1 Å². The predicted octanol–water partition coefficient (Wildman–Crippen LogP) is 2.76. The van der Waals surface area contributed by atoms with E-state index in [0.717, 1.165) is 15.5 Å². The normalized spacial score (nSPS) is 12.6. The van der Waals surface area contributed by atoms with Gasteiger partial charge in [0, 0.05) is 6.20 Å². The molecule has 2 rings (SSSR count). The maximum absolute atomic E-state index is 11.9. The SMILES string of the molecule is Cc1cccnc1CS(=O)c1cccs1. The summed E-state index contributed by atoms with van der Waals surface area (Å²) in [4.78, 5) is 4.24. The third-order valence-electron chi connectivity index (χ3n) is 2.11. The molecule has 0 aromatic carbocycles. The van der Waals surface area contributed by atoms with E-state index >= 15 is 0 Å². The molecule has 0 aliphatic heterocycles. The van der Waals surface area contributed by atoms with Gasteiger partial charge >= 0.3 is 0 Å². The summed E-state index contributed by atoms with van der Waals surface area (Å²) in [7, 11) is -0.958. The Hall–Kier alpha value is -1.000. The molecule has 1 atom stereocenters. The van der Waals surface area contributed by atoms with Crippen molar-refractivity contribution in [2.24, 2.45) is 0 Å². The molecule has 2 heterocycles. The molecular formula is C11H11NOS2. The minimum Gasteiger partial charge on any atom is -0.260 e. The van der Waals surface area contributed by atoms with E-state index in [2.05, 4.69) is 4.98 Å². The van der Waals surface area contributed by atoms with E-state index in [4.69, 9.17) is 0 Å². The summed E-state index contributed by atoms with van der Waals surface area (Å²) < 4.78 is 12.8. The number of hydrogen-bond donors (Lipinski definition) is 0. The van der Waals surface area contributed by atoms with Gasteiger partial charge < -0.3 is 0 Å². The van der Waals surface area contributed by atoms with Crippen molar-refractivity contribution in [2.75, 3.05) is 0 Å². The van der Waals surface area contributed by atoms with Crippen LogP contribution in [-0.4, -0.2) is 9.19 Å². The Bertz CT molecular complexity index is 465. The van der Waals surface area contributed by atoms with Crippen LogP contribution in [0, 0.1) is 6.92 Å². The Morgan fingerprint density at radius 3 is 2.93 bits per heavy atom. The second-order valence-corrected chi connectivity index (χ2v) is 5.81. The summed E-state index contributed by atoms with van der Waals surface area (Å²) >= 11 is 1.53. The summed E-state index contributed by atoms with van der Waals surface area (Å²) in [5.41, 5.74) is 2.02. The molecule has 1 unspecified atom stereocenters. The van der Waals surface area contributed by atoms with E-state index in [0.29, 0.717) is 5.75 Å². The van der Waals surface area contributed by atoms with Crippen LogP contribution >= 0.6 is 11.3 Å². The van der Waals surface area contributed by atoms with Gasteiger partial charge in [0.25, 0.3) is 0 Å². The Morgan fingerprint density at radius 1 is 1.40 bits per heavy atom. The summed E-state index contributed by atoms with van der Waals surface area (Å²) in [6, 6.07) is 7.71. The standard InChI is InChI=1S/C11H11NOS2/c1-9-4-2-6-12-10(9)8-15(13)11-5-3-7-14-11/h2-7H,8H2,1H3. The van der Waals surface area contributed by atoms with Gasteiger partial charge in [-0.25, -0.2) is 0 Å². The van der Waals surface area contributed by atoms with Gasteiger partial charge in [0.15, 0.2) is 0 Å². The minimum atomic E-state index is -0.958. The average Bonchev–Trinajstić information content (AvgIpc) is 2.74. The second-order valence-electron chi connectivity index (χ2n) is 3.19. The maximum atomic E-state index is 11.9. The molecular weight excluding hydrogens is 226 g/mol. The van der Waals surface area contributed by atoms with Crippen molar-refractivity contribution in [3.63, 3.8) is 0 Å². The molecule has 0 radical (unpaired) electrons. The highest BCUT2D eigenvalue weighted by Gasteiger charge is 2.08. The highest BCUT2D eigenvalue weighted by molar-refractivity contribution is 7.86. The summed E-state index contributed by atoms with van der Waals surface area (Å²) in [5, 5.41) is 1.94. The number of aryl methyl sites for hydroxylation is 1. The van der Waals surface area contributed by atoms with Gasteiger partial charge in [0.05, 0.1) is 26.5 Å². The first-order chi connectivity index (χ1) is 7.27. The zero-order valence-electron chi connectivity index (χ0n) is 8.34. The molecule has 0 spiro atoms. The van der Waals surface area contributed by atoms with Crippen LogP contribution in [0.4, 0.5) is 0 Å². The first-order valence-corrected chi connectivity index (χ1v) is 6.79. The van der Waals surface area contributed by atoms with Crippen molar-refractivity contribution >= 4 is 22.1 Å². The smallest absolute Gasteiger partial charge is 0.0914 e. The number of thiophene rings is 1. The molecule has 0 saturated heterocycles. The van der Waals surface area contributed by atoms with Crippen LogP contribution in [0.3, 0.4) is 0 Å². The monoisotopic (exact) mass is 237 g/mol. The number of pyridine rings is 1. The molecule has 0 N–H and O–H groups in total. The molecule has 78 valence electrons. The fourth-order valence-electron chi connectivity index (χ4n) is 1.26. The third kappa shape index (κ3) is 2.52. The van der Waals surface area contributed by atoms with Crippen LogP contribution in [-0.2, 0) is 16.6 Å².